The molecule has 1 saturated heterocycles. The Bertz CT molecular complexity index is 1420. The van der Waals surface area contributed by atoms with E-state index in [0.717, 1.165) is 72.9 Å². The minimum absolute atomic E-state index is 0.268. The van der Waals surface area contributed by atoms with E-state index in [1.54, 1.807) is 21.3 Å². The molecule has 238 valence electrons. The Morgan fingerprint density at radius 1 is 0.909 bits per heavy atom. The molecule has 0 amide bonds. The van der Waals surface area contributed by atoms with E-state index < -0.39 is 36.4 Å². The molecule has 13 nitrogen and oxygen atoms in total. The quantitative estimate of drug-likeness (QED) is 0.208. The molecule has 44 heavy (non-hydrogen) atoms. The lowest BCUT2D eigenvalue weighted by atomic mass is 9.96. The fourth-order valence-corrected chi connectivity index (χ4v) is 4.80. The van der Waals surface area contributed by atoms with Gasteiger partial charge in [-0.3, -0.25) is 19.5 Å². The molecular formula is C31H38N2O11. The third-order valence-electron chi connectivity index (χ3n) is 6.97. The highest BCUT2D eigenvalue weighted by Crippen LogP contribution is 2.29. The highest BCUT2D eigenvalue weighted by atomic mass is 16.5. The topological polar surface area (TPSA) is 185 Å². The first-order valence-electron chi connectivity index (χ1n) is 13.8. The SMILES string of the molecule is COc1ccc2nc(CN(Cc3ccc(OC)c(OC)c3)CC3CCCO3)ccc2c1.O=C(O)CC(O)(CC(=O)O)C(=O)O. The van der Waals surface area contributed by atoms with Crippen LogP contribution in [0.4, 0.5) is 0 Å². The van der Waals surface area contributed by atoms with Crippen molar-refractivity contribution in [3.8, 4) is 17.2 Å². The Kier molecular flexibility index (Phi) is 12.3. The van der Waals surface area contributed by atoms with E-state index in [4.69, 9.17) is 44.4 Å². The van der Waals surface area contributed by atoms with Gasteiger partial charge in [0.25, 0.3) is 0 Å². The fourth-order valence-electron chi connectivity index (χ4n) is 4.80. The normalized spacial score (nSPS) is 14.5. The van der Waals surface area contributed by atoms with Crippen LogP contribution in [0, 0.1) is 0 Å². The molecule has 1 fully saturated rings. The van der Waals surface area contributed by atoms with Crippen molar-refractivity contribution in [2.75, 3.05) is 34.5 Å². The van der Waals surface area contributed by atoms with Crippen LogP contribution in [0.5, 0.6) is 17.2 Å². The van der Waals surface area contributed by atoms with Crippen LogP contribution >= 0.6 is 0 Å². The summed E-state index contributed by atoms with van der Waals surface area (Å²) in [6.07, 6.45) is 0.214. The summed E-state index contributed by atoms with van der Waals surface area (Å²) in [5, 5.41) is 34.9. The van der Waals surface area contributed by atoms with E-state index in [-0.39, 0.29) is 6.10 Å². The van der Waals surface area contributed by atoms with Crippen LogP contribution in [0.25, 0.3) is 10.9 Å². The van der Waals surface area contributed by atoms with Gasteiger partial charge < -0.3 is 39.4 Å². The second-order valence-corrected chi connectivity index (χ2v) is 10.3. The number of hydrogen-bond acceptors (Lipinski definition) is 10. The summed E-state index contributed by atoms with van der Waals surface area (Å²) >= 11 is 0. The van der Waals surface area contributed by atoms with E-state index in [9.17, 15) is 14.4 Å². The Morgan fingerprint density at radius 2 is 1.61 bits per heavy atom. The Balaban J connectivity index is 0.000000345. The van der Waals surface area contributed by atoms with Crippen molar-refractivity contribution in [2.24, 2.45) is 0 Å². The summed E-state index contributed by atoms with van der Waals surface area (Å²) < 4.78 is 22.1. The zero-order chi connectivity index (χ0) is 32.3. The van der Waals surface area contributed by atoms with Crippen LogP contribution in [0.2, 0.25) is 0 Å². The molecule has 1 aliphatic rings. The second-order valence-electron chi connectivity index (χ2n) is 10.3. The van der Waals surface area contributed by atoms with Crippen molar-refractivity contribution in [3.63, 3.8) is 0 Å². The summed E-state index contributed by atoms with van der Waals surface area (Å²) in [6, 6.07) is 16.3. The molecule has 1 aliphatic heterocycles. The summed E-state index contributed by atoms with van der Waals surface area (Å²) in [7, 11) is 5.00. The van der Waals surface area contributed by atoms with Crippen LogP contribution in [-0.4, -0.2) is 94.4 Å². The molecule has 1 unspecified atom stereocenters. The summed E-state index contributed by atoms with van der Waals surface area (Å²) in [5.74, 6) is -2.69. The van der Waals surface area contributed by atoms with Gasteiger partial charge in [0.05, 0.1) is 51.5 Å². The average molecular weight is 615 g/mol. The zero-order valence-corrected chi connectivity index (χ0v) is 24.9. The van der Waals surface area contributed by atoms with Crippen LogP contribution in [0.3, 0.4) is 0 Å². The van der Waals surface area contributed by atoms with Crippen LogP contribution < -0.4 is 14.2 Å². The van der Waals surface area contributed by atoms with Crippen molar-refractivity contribution >= 4 is 28.8 Å². The number of carboxylic acid groups (broad SMARTS) is 3. The van der Waals surface area contributed by atoms with E-state index in [1.165, 1.54) is 5.56 Å². The molecule has 0 radical (unpaired) electrons. The summed E-state index contributed by atoms with van der Waals surface area (Å²) in [5.41, 5.74) is 0.441. The number of aliphatic hydroxyl groups is 1. The predicted molar refractivity (Wildman–Crippen MR) is 158 cm³/mol. The number of ether oxygens (including phenoxy) is 4. The first-order valence-corrected chi connectivity index (χ1v) is 13.8. The zero-order valence-electron chi connectivity index (χ0n) is 24.9. The lowest BCUT2D eigenvalue weighted by Gasteiger charge is -2.25. The maximum absolute atomic E-state index is 10.3. The van der Waals surface area contributed by atoms with Crippen molar-refractivity contribution in [3.05, 3.63) is 59.8 Å². The second kappa shape index (κ2) is 15.8. The van der Waals surface area contributed by atoms with Gasteiger partial charge in [-0.25, -0.2) is 4.79 Å². The molecule has 0 aliphatic carbocycles. The van der Waals surface area contributed by atoms with Crippen LogP contribution in [-0.2, 0) is 32.2 Å². The number of benzene rings is 2. The highest BCUT2D eigenvalue weighted by molar-refractivity contribution is 5.88. The molecule has 3 aromatic rings. The number of carbonyl (C=O) groups is 3. The van der Waals surface area contributed by atoms with Gasteiger partial charge in [-0.05, 0) is 54.8 Å². The molecule has 0 saturated carbocycles. The molecule has 4 rings (SSSR count). The van der Waals surface area contributed by atoms with Gasteiger partial charge in [-0.1, -0.05) is 12.1 Å². The number of carboxylic acids is 3. The lowest BCUT2D eigenvalue weighted by molar-refractivity contribution is -0.170. The van der Waals surface area contributed by atoms with Gasteiger partial charge >= 0.3 is 17.9 Å². The number of aliphatic carboxylic acids is 3. The highest BCUT2D eigenvalue weighted by Gasteiger charge is 2.40. The predicted octanol–water partition coefficient (Wildman–Crippen LogP) is 3.19. The molecule has 2 heterocycles. The minimum Gasteiger partial charge on any atom is -0.497 e. The maximum atomic E-state index is 10.3. The van der Waals surface area contributed by atoms with E-state index in [2.05, 4.69) is 23.1 Å². The van der Waals surface area contributed by atoms with Gasteiger partial charge in [0, 0.05) is 31.6 Å². The van der Waals surface area contributed by atoms with Gasteiger partial charge in [-0.15, -0.1) is 0 Å². The molecule has 1 aromatic heterocycles. The van der Waals surface area contributed by atoms with Gasteiger partial charge in [0.1, 0.15) is 5.75 Å². The third-order valence-corrected chi connectivity index (χ3v) is 6.97. The van der Waals surface area contributed by atoms with Gasteiger partial charge in [-0.2, -0.15) is 0 Å². The summed E-state index contributed by atoms with van der Waals surface area (Å²) in [4.78, 5) is 37.8. The Labute approximate surface area is 254 Å². The van der Waals surface area contributed by atoms with Crippen molar-refractivity contribution in [1.29, 1.82) is 0 Å². The van der Waals surface area contributed by atoms with E-state index in [1.807, 2.05) is 30.3 Å². The number of hydrogen-bond donors (Lipinski definition) is 4. The smallest absolute Gasteiger partial charge is 0.336 e. The molecule has 13 heteroatoms. The van der Waals surface area contributed by atoms with Crippen molar-refractivity contribution in [1.82, 2.24) is 9.88 Å². The van der Waals surface area contributed by atoms with Crippen molar-refractivity contribution < 1.29 is 53.8 Å². The van der Waals surface area contributed by atoms with E-state index >= 15 is 0 Å². The number of aromatic nitrogens is 1. The molecule has 2 aromatic carbocycles. The monoisotopic (exact) mass is 614 g/mol. The number of methoxy groups -OCH3 is 3. The number of pyridine rings is 1. The minimum atomic E-state index is -2.74. The van der Waals surface area contributed by atoms with Gasteiger partial charge in [0.15, 0.2) is 17.1 Å². The van der Waals surface area contributed by atoms with Crippen molar-refractivity contribution in [2.45, 2.75) is 50.5 Å². The standard InChI is InChI=1S/C25H30N2O4.C6H8O7/c1-28-21-9-10-23-19(14-21)7-8-20(26-23)16-27(17-22-5-4-12-31-22)15-18-6-11-24(29-2)25(13-18)30-3;7-3(8)1-6(13,5(11)12)2-4(9)10/h6-11,13-14,22H,4-5,12,15-17H2,1-3H3;13H,1-2H2,(H,7,8)(H,9,10)(H,11,12). The largest absolute Gasteiger partial charge is 0.497 e. The molecule has 0 bridgehead atoms. The first kappa shape index (κ1) is 34.0. The maximum Gasteiger partial charge on any atom is 0.336 e. The number of fused-ring (bicyclic) bond motifs is 1. The van der Waals surface area contributed by atoms with E-state index in [0.29, 0.717) is 0 Å². The molecular weight excluding hydrogens is 576 g/mol. The fraction of sp³-hybridized carbons (Fsp3) is 0.419. The lowest BCUT2D eigenvalue weighted by Crippen LogP contribution is -2.42. The number of nitrogens with zero attached hydrogens (tertiary/aromatic N) is 2. The first-order chi connectivity index (χ1) is 21.0. The van der Waals surface area contributed by atoms with Crippen LogP contribution in [0.1, 0.15) is 36.9 Å². The Morgan fingerprint density at radius 3 is 2.18 bits per heavy atom. The third kappa shape index (κ3) is 9.79. The summed E-state index contributed by atoms with van der Waals surface area (Å²) in [6.45, 7) is 3.25. The molecule has 0 spiro atoms. The van der Waals surface area contributed by atoms with Gasteiger partial charge in [0.2, 0.25) is 0 Å². The molecule has 4 N–H and O–H groups in total. The Hall–Kier alpha value is -4.46. The number of rotatable bonds is 14. The molecule has 1 atom stereocenters. The average Bonchev–Trinajstić information content (AvgIpc) is 3.49. The van der Waals surface area contributed by atoms with Crippen LogP contribution in [0.15, 0.2) is 48.5 Å².